The Hall–Kier alpha value is -1.15. The van der Waals surface area contributed by atoms with Gasteiger partial charge in [0, 0.05) is 19.5 Å². The Morgan fingerprint density at radius 3 is 2.19 bits per heavy atom. The van der Waals surface area contributed by atoms with Crippen LogP contribution in [0.5, 0.6) is 0 Å². The predicted molar refractivity (Wildman–Crippen MR) is 106 cm³/mol. The molecule has 1 amide bonds. The Morgan fingerprint density at radius 2 is 1.59 bits per heavy atom. The minimum Gasteiger partial charge on any atom is -0.370 e. The van der Waals surface area contributed by atoms with Crippen LogP contribution >= 0.6 is 7.82 Å². The number of carbonyl (C=O) groups is 1. The first-order valence-corrected chi connectivity index (χ1v) is 11.4. The maximum atomic E-state index is 11.7. The first-order chi connectivity index (χ1) is 12.7. The standard InChI is InChI=1S/C17H37N4O5P/c1-2-3-4-5-6-7-10-15(26-27(23,24)25)11-8-9-12-16(22)20-13-14-21-17(18)19/h15H,2-14H2,1H3,(H,20,22)(H4,18,19,21)(H2,23,24,25). The van der Waals surface area contributed by atoms with E-state index in [1.165, 1.54) is 19.3 Å². The zero-order valence-electron chi connectivity index (χ0n) is 16.4. The van der Waals surface area contributed by atoms with Crippen molar-refractivity contribution >= 4 is 19.7 Å². The van der Waals surface area contributed by atoms with E-state index in [-0.39, 0.29) is 11.9 Å². The van der Waals surface area contributed by atoms with E-state index in [0.29, 0.717) is 45.2 Å². The maximum Gasteiger partial charge on any atom is 0.469 e. The number of unbranched alkanes of at least 4 members (excludes halogenated alkanes) is 6. The van der Waals surface area contributed by atoms with Gasteiger partial charge in [-0.2, -0.15) is 0 Å². The zero-order chi connectivity index (χ0) is 20.5. The van der Waals surface area contributed by atoms with Crippen molar-refractivity contribution in [3.8, 4) is 0 Å². The minimum absolute atomic E-state index is 0.0938. The van der Waals surface area contributed by atoms with E-state index in [1.54, 1.807) is 0 Å². The molecule has 0 aromatic rings. The number of amides is 1. The van der Waals surface area contributed by atoms with Crippen LogP contribution in [0.25, 0.3) is 0 Å². The van der Waals surface area contributed by atoms with E-state index in [2.05, 4.69) is 17.6 Å². The van der Waals surface area contributed by atoms with Crippen LogP contribution in [-0.2, 0) is 13.9 Å². The van der Waals surface area contributed by atoms with E-state index in [1.807, 2.05) is 0 Å². The number of nitrogens with one attached hydrogen (secondary N) is 3. The van der Waals surface area contributed by atoms with Gasteiger partial charge in [-0.15, -0.1) is 0 Å². The van der Waals surface area contributed by atoms with Gasteiger partial charge in [-0.25, -0.2) is 4.57 Å². The maximum absolute atomic E-state index is 11.7. The lowest BCUT2D eigenvalue weighted by atomic mass is 10.0. The third-order valence-corrected chi connectivity index (χ3v) is 4.68. The Labute approximate surface area is 162 Å². The topological polar surface area (TPSA) is 158 Å². The summed E-state index contributed by atoms with van der Waals surface area (Å²) in [6.45, 7) is 2.95. The van der Waals surface area contributed by atoms with Crippen molar-refractivity contribution < 1.29 is 23.7 Å². The van der Waals surface area contributed by atoms with Crippen LogP contribution in [0.3, 0.4) is 0 Å². The highest BCUT2D eigenvalue weighted by atomic mass is 31.2. The predicted octanol–water partition coefficient (Wildman–Crippen LogP) is 2.37. The van der Waals surface area contributed by atoms with Gasteiger partial charge < -0.3 is 26.2 Å². The van der Waals surface area contributed by atoms with Crippen LogP contribution in [0.2, 0.25) is 0 Å². The molecule has 0 spiro atoms. The second-order valence-corrected chi connectivity index (χ2v) is 7.90. The monoisotopic (exact) mass is 408 g/mol. The van der Waals surface area contributed by atoms with Crippen LogP contribution in [0.15, 0.2) is 0 Å². The summed E-state index contributed by atoms with van der Waals surface area (Å²) in [4.78, 5) is 29.8. The van der Waals surface area contributed by atoms with E-state index >= 15 is 0 Å². The Bertz CT molecular complexity index is 459. The quantitative estimate of drug-likeness (QED) is 0.0933. The first kappa shape index (κ1) is 25.9. The van der Waals surface area contributed by atoms with Crippen LogP contribution in [0.1, 0.15) is 77.6 Å². The van der Waals surface area contributed by atoms with Crippen molar-refractivity contribution in [1.29, 1.82) is 5.41 Å². The average molecular weight is 408 g/mol. The molecule has 9 nitrogen and oxygen atoms in total. The molecule has 7 N–H and O–H groups in total. The van der Waals surface area contributed by atoms with Gasteiger partial charge in [-0.05, 0) is 19.3 Å². The first-order valence-electron chi connectivity index (χ1n) is 9.83. The van der Waals surface area contributed by atoms with Gasteiger partial charge in [-0.1, -0.05) is 51.9 Å². The molecule has 0 bridgehead atoms. The molecular formula is C17H37N4O5P. The molecule has 0 aromatic carbocycles. The summed E-state index contributed by atoms with van der Waals surface area (Å²) < 4.78 is 16.0. The van der Waals surface area contributed by atoms with Gasteiger partial charge in [-0.3, -0.25) is 14.7 Å². The van der Waals surface area contributed by atoms with Crippen LogP contribution in [0, 0.1) is 5.41 Å². The summed E-state index contributed by atoms with van der Waals surface area (Å²) in [6, 6.07) is 0. The highest BCUT2D eigenvalue weighted by molar-refractivity contribution is 7.46. The summed E-state index contributed by atoms with van der Waals surface area (Å²) in [5.74, 6) is -0.227. The molecule has 0 aliphatic rings. The molecular weight excluding hydrogens is 371 g/mol. The third kappa shape index (κ3) is 19.4. The minimum atomic E-state index is -4.50. The number of phosphoric ester groups is 1. The lowest BCUT2D eigenvalue weighted by Crippen LogP contribution is -2.37. The molecule has 0 saturated carbocycles. The van der Waals surface area contributed by atoms with Gasteiger partial charge in [0.1, 0.15) is 0 Å². The smallest absolute Gasteiger partial charge is 0.370 e. The number of hydrogen-bond donors (Lipinski definition) is 6. The SMILES string of the molecule is CCCCCCCCC(CCCCC(=O)NCCNC(=N)N)OP(=O)(O)O. The van der Waals surface area contributed by atoms with Crippen molar-refractivity contribution in [1.82, 2.24) is 10.6 Å². The molecule has 0 radical (unpaired) electrons. The fourth-order valence-corrected chi connectivity index (χ4v) is 3.34. The number of carbonyl (C=O) groups excluding carboxylic acids is 1. The molecule has 0 fully saturated rings. The molecule has 10 heteroatoms. The Kier molecular flexibility index (Phi) is 15.2. The largest absolute Gasteiger partial charge is 0.469 e. The lowest BCUT2D eigenvalue weighted by molar-refractivity contribution is -0.121. The molecule has 0 aliphatic carbocycles. The fourth-order valence-electron chi connectivity index (χ4n) is 2.74. The van der Waals surface area contributed by atoms with E-state index < -0.39 is 13.9 Å². The fraction of sp³-hybridized carbons (Fsp3) is 0.882. The molecule has 0 aliphatic heterocycles. The van der Waals surface area contributed by atoms with Gasteiger partial charge >= 0.3 is 7.82 Å². The normalized spacial score (nSPS) is 12.6. The van der Waals surface area contributed by atoms with Gasteiger partial charge in [0.25, 0.3) is 0 Å². The summed E-state index contributed by atoms with van der Waals surface area (Å²) in [5, 5.41) is 12.3. The molecule has 1 unspecified atom stereocenters. The number of phosphoric acid groups is 1. The van der Waals surface area contributed by atoms with Crippen LogP contribution < -0.4 is 16.4 Å². The zero-order valence-corrected chi connectivity index (χ0v) is 17.3. The Morgan fingerprint density at radius 1 is 1.04 bits per heavy atom. The van der Waals surface area contributed by atoms with E-state index in [0.717, 1.165) is 19.3 Å². The van der Waals surface area contributed by atoms with Crippen molar-refractivity contribution in [3.63, 3.8) is 0 Å². The molecule has 0 aromatic heterocycles. The average Bonchev–Trinajstić information content (AvgIpc) is 2.57. The lowest BCUT2D eigenvalue weighted by Gasteiger charge is -2.18. The van der Waals surface area contributed by atoms with Crippen molar-refractivity contribution in [3.05, 3.63) is 0 Å². The molecule has 0 heterocycles. The van der Waals surface area contributed by atoms with E-state index in [9.17, 15) is 9.36 Å². The van der Waals surface area contributed by atoms with Gasteiger partial charge in [0.15, 0.2) is 5.96 Å². The summed E-state index contributed by atoms with van der Waals surface area (Å²) in [7, 11) is -4.50. The van der Waals surface area contributed by atoms with E-state index in [4.69, 9.17) is 25.5 Å². The second kappa shape index (κ2) is 15.9. The second-order valence-electron chi connectivity index (χ2n) is 6.71. The highest BCUT2D eigenvalue weighted by Gasteiger charge is 2.21. The van der Waals surface area contributed by atoms with Crippen LogP contribution in [-0.4, -0.2) is 40.8 Å². The number of hydrogen-bond acceptors (Lipinski definition) is 4. The Balaban J connectivity index is 3.94. The highest BCUT2D eigenvalue weighted by Crippen LogP contribution is 2.39. The number of nitrogens with two attached hydrogens (primary N) is 1. The third-order valence-electron chi connectivity index (χ3n) is 4.11. The molecule has 0 rings (SSSR count). The number of rotatable bonds is 17. The molecule has 0 saturated heterocycles. The summed E-state index contributed by atoms with van der Waals surface area (Å²) >= 11 is 0. The van der Waals surface area contributed by atoms with Crippen LogP contribution in [0.4, 0.5) is 0 Å². The summed E-state index contributed by atoms with van der Waals surface area (Å²) in [5.41, 5.74) is 5.14. The molecule has 1 atom stereocenters. The van der Waals surface area contributed by atoms with Crippen molar-refractivity contribution in [2.24, 2.45) is 5.73 Å². The molecule has 160 valence electrons. The number of guanidine groups is 1. The van der Waals surface area contributed by atoms with Crippen molar-refractivity contribution in [2.75, 3.05) is 13.1 Å². The van der Waals surface area contributed by atoms with Crippen molar-refractivity contribution in [2.45, 2.75) is 83.7 Å². The summed E-state index contributed by atoms with van der Waals surface area (Å²) in [6.07, 6.45) is 8.98. The van der Waals surface area contributed by atoms with Gasteiger partial charge in [0.05, 0.1) is 6.10 Å². The van der Waals surface area contributed by atoms with Gasteiger partial charge in [0.2, 0.25) is 5.91 Å². The molecule has 27 heavy (non-hydrogen) atoms.